The molecule has 1 amide bonds. The highest BCUT2D eigenvalue weighted by molar-refractivity contribution is 5.77. The first kappa shape index (κ1) is 15.7. The molecule has 0 aromatic heterocycles. The summed E-state index contributed by atoms with van der Waals surface area (Å²) in [7, 11) is 0. The van der Waals surface area contributed by atoms with Crippen LogP contribution in [-0.4, -0.2) is 43.7 Å². The fourth-order valence-electron chi connectivity index (χ4n) is 2.70. The highest BCUT2D eigenvalue weighted by Crippen LogP contribution is 2.25. The molecule has 23 heavy (non-hydrogen) atoms. The van der Waals surface area contributed by atoms with Crippen LogP contribution in [0.2, 0.25) is 0 Å². The van der Waals surface area contributed by atoms with Crippen molar-refractivity contribution in [3.05, 3.63) is 71.8 Å². The predicted octanol–water partition coefficient (Wildman–Crippen LogP) is 2.65. The number of benzene rings is 2. The quantitative estimate of drug-likeness (QED) is 0.852. The van der Waals surface area contributed by atoms with Gasteiger partial charge in [-0.15, -0.1) is 0 Å². The van der Waals surface area contributed by atoms with Crippen molar-refractivity contribution in [1.82, 2.24) is 4.90 Å². The minimum atomic E-state index is -0.234. The van der Waals surface area contributed by atoms with Gasteiger partial charge in [0, 0.05) is 13.1 Å². The molecule has 2 aromatic carbocycles. The summed E-state index contributed by atoms with van der Waals surface area (Å²) in [4.78, 5) is 14.1. The number of carbonyl (C=O) groups excluding carboxylic acids is 1. The van der Waals surface area contributed by atoms with Gasteiger partial charge in [0.2, 0.25) is 5.91 Å². The largest absolute Gasteiger partial charge is 0.378 e. The smallest absolute Gasteiger partial charge is 0.248 e. The van der Waals surface area contributed by atoms with Crippen molar-refractivity contribution in [2.75, 3.05) is 32.9 Å². The lowest BCUT2D eigenvalue weighted by Gasteiger charge is -2.27. The van der Waals surface area contributed by atoms with Crippen LogP contribution in [-0.2, 0) is 14.3 Å². The molecule has 0 saturated carbocycles. The molecular formula is C19H21NO3. The molecule has 0 atom stereocenters. The lowest BCUT2D eigenvalue weighted by Crippen LogP contribution is -2.42. The first-order chi connectivity index (χ1) is 11.3. The molecule has 1 saturated heterocycles. The van der Waals surface area contributed by atoms with Gasteiger partial charge >= 0.3 is 0 Å². The fraction of sp³-hybridized carbons (Fsp3) is 0.316. The van der Waals surface area contributed by atoms with E-state index in [0.717, 1.165) is 11.1 Å². The molecule has 0 N–H and O–H groups in total. The topological polar surface area (TPSA) is 38.8 Å². The Morgan fingerprint density at radius 2 is 1.48 bits per heavy atom. The van der Waals surface area contributed by atoms with Crippen molar-refractivity contribution in [2.45, 2.75) is 6.10 Å². The van der Waals surface area contributed by atoms with Crippen molar-refractivity contribution in [3.8, 4) is 0 Å². The van der Waals surface area contributed by atoms with Crippen molar-refractivity contribution in [3.63, 3.8) is 0 Å². The number of rotatable bonds is 5. The van der Waals surface area contributed by atoms with E-state index in [4.69, 9.17) is 9.47 Å². The molecule has 3 rings (SSSR count). The Balaban J connectivity index is 1.70. The first-order valence-electron chi connectivity index (χ1n) is 7.91. The minimum absolute atomic E-state index is 0.0187. The zero-order valence-corrected chi connectivity index (χ0v) is 13.1. The number of hydrogen-bond donors (Lipinski definition) is 0. The second-order valence-corrected chi connectivity index (χ2v) is 5.51. The SMILES string of the molecule is O=C(COC(c1ccccc1)c1ccccc1)N1CCOCC1. The van der Waals surface area contributed by atoms with Gasteiger partial charge in [0.1, 0.15) is 12.7 Å². The number of hydrogen-bond acceptors (Lipinski definition) is 3. The van der Waals surface area contributed by atoms with Gasteiger partial charge in [-0.1, -0.05) is 60.7 Å². The Bertz CT molecular complexity index is 570. The molecule has 1 aliphatic rings. The molecule has 0 radical (unpaired) electrons. The van der Waals surface area contributed by atoms with Gasteiger partial charge in [-0.3, -0.25) is 4.79 Å². The molecule has 2 aromatic rings. The lowest BCUT2D eigenvalue weighted by molar-refractivity contribution is -0.141. The van der Waals surface area contributed by atoms with E-state index in [1.54, 1.807) is 4.90 Å². The lowest BCUT2D eigenvalue weighted by atomic mass is 10.0. The van der Waals surface area contributed by atoms with Crippen LogP contribution in [0.3, 0.4) is 0 Å². The monoisotopic (exact) mass is 311 g/mol. The summed E-state index contributed by atoms with van der Waals surface area (Å²) in [5.41, 5.74) is 2.10. The second kappa shape index (κ2) is 7.90. The van der Waals surface area contributed by atoms with Gasteiger partial charge in [-0.05, 0) is 11.1 Å². The molecular weight excluding hydrogens is 290 g/mol. The van der Waals surface area contributed by atoms with Crippen LogP contribution in [0.1, 0.15) is 17.2 Å². The van der Waals surface area contributed by atoms with E-state index in [9.17, 15) is 4.79 Å². The van der Waals surface area contributed by atoms with E-state index in [-0.39, 0.29) is 18.6 Å². The van der Waals surface area contributed by atoms with Gasteiger partial charge in [0.25, 0.3) is 0 Å². The number of nitrogens with zero attached hydrogens (tertiary/aromatic N) is 1. The van der Waals surface area contributed by atoms with Crippen LogP contribution in [0.15, 0.2) is 60.7 Å². The first-order valence-corrected chi connectivity index (χ1v) is 7.91. The van der Waals surface area contributed by atoms with Crippen LogP contribution < -0.4 is 0 Å². The average molecular weight is 311 g/mol. The summed E-state index contributed by atoms with van der Waals surface area (Å²) in [6.45, 7) is 2.57. The Kier molecular flexibility index (Phi) is 5.40. The van der Waals surface area contributed by atoms with Crippen LogP contribution in [0.4, 0.5) is 0 Å². The summed E-state index contributed by atoms with van der Waals surface area (Å²) >= 11 is 0. The van der Waals surface area contributed by atoms with Gasteiger partial charge in [0.05, 0.1) is 13.2 Å². The molecule has 1 aliphatic heterocycles. The third-order valence-electron chi connectivity index (χ3n) is 3.94. The molecule has 1 heterocycles. The number of amides is 1. The maximum Gasteiger partial charge on any atom is 0.248 e. The molecule has 0 aliphatic carbocycles. The van der Waals surface area contributed by atoms with E-state index in [1.807, 2.05) is 60.7 Å². The Morgan fingerprint density at radius 1 is 0.957 bits per heavy atom. The van der Waals surface area contributed by atoms with Crippen LogP contribution >= 0.6 is 0 Å². The van der Waals surface area contributed by atoms with Crippen molar-refractivity contribution in [2.24, 2.45) is 0 Å². The van der Waals surface area contributed by atoms with E-state index in [2.05, 4.69) is 0 Å². The van der Waals surface area contributed by atoms with Crippen molar-refractivity contribution >= 4 is 5.91 Å². The Hall–Kier alpha value is -2.17. The zero-order chi connectivity index (χ0) is 15.9. The molecule has 4 heteroatoms. The Morgan fingerprint density at radius 3 is 2.00 bits per heavy atom. The molecule has 4 nitrogen and oxygen atoms in total. The van der Waals surface area contributed by atoms with Crippen molar-refractivity contribution < 1.29 is 14.3 Å². The van der Waals surface area contributed by atoms with Crippen LogP contribution in [0.5, 0.6) is 0 Å². The highest BCUT2D eigenvalue weighted by Gasteiger charge is 2.20. The summed E-state index contributed by atoms with van der Waals surface area (Å²) < 4.78 is 11.3. The highest BCUT2D eigenvalue weighted by atomic mass is 16.5. The summed E-state index contributed by atoms with van der Waals surface area (Å²) in [6, 6.07) is 20.0. The number of ether oxygens (including phenoxy) is 2. The summed E-state index contributed by atoms with van der Waals surface area (Å²) in [6.07, 6.45) is -0.234. The minimum Gasteiger partial charge on any atom is -0.378 e. The third kappa shape index (κ3) is 4.18. The second-order valence-electron chi connectivity index (χ2n) is 5.51. The summed E-state index contributed by atoms with van der Waals surface area (Å²) in [5.74, 6) is 0.0187. The van der Waals surface area contributed by atoms with E-state index in [0.29, 0.717) is 26.3 Å². The van der Waals surface area contributed by atoms with Gasteiger partial charge < -0.3 is 14.4 Å². The van der Waals surface area contributed by atoms with Gasteiger partial charge in [0.15, 0.2) is 0 Å². The fourth-order valence-corrected chi connectivity index (χ4v) is 2.70. The van der Waals surface area contributed by atoms with Crippen molar-refractivity contribution in [1.29, 1.82) is 0 Å². The summed E-state index contributed by atoms with van der Waals surface area (Å²) in [5, 5.41) is 0. The number of carbonyl (C=O) groups is 1. The zero-order valence-electron chi connectivity index (χ0n) is 13.1. The Labute approximate surface area is 136 Å². The van der Waals surface area contributed by atoms with Gasteiger partial charge in [-0.2, -0.15) is 0 Å². The number of morpholine rings is 1. The molecule has 0 bridgehead atoms. The predicted molar refractivity (Wildman–Crippen MR) is 88.1 cm³/mol. The maximum absolute atomic E-state index is 12.3. The average Bonchev–Trinajstić information content (AvgIpc) is 2.64. The third-order valence-corrected chi connectivity index (χ3v) is 3.94. The standard InChI is InChI=1S/C19H21NO3/c21-18(20-11-13-22-14-12-20)15-23-19(16-7-3-1-4-8-16)17-9-5-2-6-10-17/h1-10,19H,11-15H2. The van der Waals surface area contributed by atoms with E-state index in [1.165, 1.54) is 0 Å². The van der Waals surface area contributed by atoms with Crippen LogP contribution in [0.25, 0.3) is 0 Å². The van der Waals surface area contributed by atoms with E-state index >= 15 is 0 Å². The van der Waals surface area contributed by atoms with Crippen LogP contribution in [0, 0.1) is 0 Å². The molecule has 0 spiro atoms. The maximum atomic E-state index is 12.3. The molecule has 1 fully saturated rings. The van der Waals surface area contributed by atoms with Gasteiger partial charge in [-0.25, -0.2) is 0 Å². The molecule has 0 unspecified atom stereocenters. The molecule has 120 valence electrons. The van der Waals surface area contributed by atoms with E-state index < -0.39 is 0 Å². The normalized spacial score (nSPS) is 14.9.